The first kappa shape index (κ1) is 13.7. The molecular formula is C13H13BrN2O3. The third kappa shape index (κ3) is 3.41. The predicted molar refractivity (Wildman–Crippen MR) is 72.4 cm³/mol. The molecule has 5 nitrogen and oxygen atoms in total. The maximum Gasteiger partial charge on any atom is 0.251 e. The number of benzene rings is 1. The summed E-state index contributed by atoms with van der Waals surface area (Å²) in [5.41, 5.74) is 0.536. The van der Waals surface area contributed by atoms with Crippen molar-refractivity contribution in [3.63, 3.8) is 0 Å². The van der Waals surface area contributed by atoms with E-state index < -0.39 is 0 Å². The molecule has 0 aliphatic carbocycles. The lowest BCUT2D eigenvalue weighted by Gasteiger charge is -2.14. The van der Waals surface area contributed by atoms with Crippen LogP contribution in [0.5, 0.6) is 0 Å². The zero-order valence-electron chi connectivity index (χ0n) is 10.2. The number of nitrogens with one attached hydrogen (secondary N) is 1. The number of hydrogen-bond acceptors (Lipinski definition) is 3. The summed E-state index contributed by atoms with van der Waals surface area (Å²) >= 11 is 3.29. The summed E-state index contributed by atoms with van der Waals surface area (Å²) in [7, 11) is 0. The molecule has 1 N–H and O–H groups in total. The van der Waals surface area contributed by atoms with Crippen LogP contribution in [-0.2, 0) is 9.59 Å². The standard InChI is InChI=1S/C13H13BrN2O3/c14-10-3-1-2-9(8-10)13(19)15-6-7-16-11(17)4-5-12(16)18/h1-3,8H,4-7H2,(H,15,19). The van der Waals surface area contributed by atoms with E-state index in [1.807, 2.05) is 6.07 Å². The highest BCUT2D eigenvalue weighted by molar-refractivity contribution is 9.10. The van der Waals surface area contributed by atoms with E-state index in [0.717, 1.165) is 4.47 Å². The molecule has 0 bridgehead atoms. The molecule has 0 saturated carbocycles. The Bertz CT molecular complexity index is 514. The van der Waals surface area contributed by atoms with Crippen LogP contribution in [0.15, 0.2) is 28.7 Å². The molecule has 1 saturated heterocycles. The largest absolute Gasteiger partial charge is 0.350 e. The van der Waals surface area contributed by atoms with Crippen LogP contribution in [0.25, 0.3) is 0 Å². The Balaban J connectivity index is 1.84. The van der Waals surface area contributed by atoms with E-state index in [0.29, 0.717) is 5.56 Å². The van der Waals surface area contributed by atoms with Gasteiger partial charge in [-0.15, -0.1) is 0 Å². The molecule has 1 heterocycles. The van der Waals surface area contributed by atoms with Gasteiger partial charge < -0.3 is 5.32 Å². The van der Waals surface area contributed by atoms with E-state index in [2.05, 4.69) is 21.2 Å². The van der Waals surface area contributed by atoms with Gasteiger partial charge in [0.25, 0.3) is 5.91 Å². The summed E-state index contributed by atoms with van der Waals surface area (Å²) in [5.74, 6) is -0.552. The molecule has 1 aliphatic rings. The van der Waals surface area contributed by atoms with E-state index in [9.17, 15) is 14.4 Å². The van der Waals surface area contributed by atoms with Gasteiger partial charge in [0, 0.05) is 36.0 Å². The van der Waals surface area contributed by atoms with Crippen molar-refractivity contribution in [2.45, 2.75) is 12.8 Å². The molecule has 0 unspecified atom stereocenters. The highest BCUT2D eigenvalue weighted by Crippen LogP contribution is 2.12. The Morgan fingerprint density at radius 3 is 2.58 bits per heavy atom. The lowest BCUT2D eigenvalue weighted by atomic mass is 10.2. The first-order valence-electron chi connectivity index (χ1n) is 5.95. The molecule has 0 aromatic heterocycles. The number of carbonyl (C=O) groups excluding carboxylic acids is 3. The summed E-state index contributed by atoms with van der Waals surface area (Å²) in [6, 6.07) is 7.01. The number of likely N-dealkylation sites (tertiary alicyclic amines) is 1. The molecule has 0 spiro atoms. The minimum absolute atomic E-state index is 0.165. The number of imide groups is 1. The number of carbonyl (C=O) groups is 3. The van der Waals surface area contributed by atoms with Crippen LogP contribution in [0, 0.1) is 0 Å². The zero-order chi connectivity index (χ0) is 13.8. The fourth-order valence-electron chi connectivity index (χ4n) is 1.89. The summed E-state index contributed by atoms with van der Waals surface area (Å²) < 4.78 is 0.824. The van der Waals surface area contributed by atoms with Crippen molar-refractivity contribution in [1.82, 2.24) is 10.2 Å². The molecule has 2 rings (SSSR count). The summed E-state index contributed by atoms with van der Waals surface area (Å²) in [6.45, 7) is 0.500. The van der Waals surface area contributed by atoms with E-state index in [1.165, 1.54) is 4.90 Å². The van der Waals surface area contributed by atoms with E-state index in [-0.39, 0.29) is 43.7 Å². The third-order valence-corrected chi connectivity index (χ3v) is 3.36. The molecule has 1 aromatic carbocycles. The van der Waals surface area contributed by atoms with Crippen LogP contribution in [-0.4, -0.2) is 35.7 Å². The quantitative estimate of drug-likeness (QED) is 0.850. The Labute approximate surface area is 119 Å². The number of rotatable bonds is 4. The van der Waals surface area contributed by atoms with Crippen molar-refractivity contribution in [2.75, 3.05) is 13.1 Å². The number of amides is 3. The van der Waals surface area contributed by atoms with Crippen molar-refractivity contribution in [3.8, 4) is 0 Å². The molecule has 1 aliphatic heterocycles. The number of hydrogen-bond donors (Lipinski definition) is 1. The summed E-state index contributed by atoms with van der Waals surface area (Å²) in [6.07, 6.45) is 0.552. The average Bonchev–Trinajstić information content (AvgIpc) is 2.70. The van der Waals surface area contributed by atoms with Crippen LogP contribution < -0.4 is 5.32 Å². The molecule has 3 amide bonds. The van der Waals surface area contributed by atoms with E-state index in [1.54, 1.807) is 18.2 Å². The summed E-state index contributed by atoms with van der Waals surface area (Å²) in [5, 5.41) is 2.69. The SMILES string of the molecule is O=C(NCCN1C(=O)CCC1=O)c1cccc(Br)c1. The lowest BCUT2D eigenvalue weighted by Crippen LogP contribution is -2.37. The second kappa shape index (κ2) is 5.97. The Morgan fingerprint density at radius 2 is 1.95 bits per heavy atom. The minimum atomic E-state index is -0.222. The van der Waals surface area contributed by atoms with Crippen LogP contribution in [0.2, 0.25) is 0 Å². The molecule has 100 valence electrons. The molecule has 19 heavy (non-hydrogen) atoms. The Morgan fingerprint density at radius 1 is 1.26 bits per heavy atom. The second-order valence-electron chi connectivity index (χ2n) is 4.21. The van der Waals surface area contributed by atoms with E-state index in [4.69, 9.17) is 0 Å². The summed E-state index contributed by atoms with van der Waals surface area (Å²) in [4.78, 5) is 35.7. The third-order valence-electron chi connectivity index (χ3n) is 2.86. The maximum absolute atomic E-state index is 11.8. The van der Waals surface area contributed by atoms with Gasteiger partial charge >= 0.3 is 0 Å². The zero-order valence-corrected chi connectivity index (χ0v) is 11.8. The first-order valence-corrected chi connectivity index (χ1v) is 6.74. The fourth-order valence-corrected chi connectivity index (χ4v) is 2.28. The maximum atomic E-state index is 11.8. The topological polar surface area (TPSA) is 66.5 Å². The first-order chi connectivity index (χ1) is 9.08. The predicted octanol–water partition coefficient (Wildman–Crippen LogP) is 1.33. The van der Waals surface area contributed by atoms with Crippen LogP contribution >= 0.6 is 15.9 Å². The van der Waals surface area contributed by atoms with E-state index >= 15 is 0 Å². The lowest BCUT2D eigenvalue weighted by molar-refractivity contribution is -0.138. The van der Waals surface area contributed by atoms with Gasteiger partial charge in [0.05, 0.1) is 0 Å². The number of nitrogens with zero attached hydrogens (tertiary/aromatic N) is 1. The van der Waals surface area contributed by atoms with Gasteiger partial charge in [-0.3, -0.25) is 19.3 Å². The number of halogens is 1. The fraction of sp³-hybridized carbons (Fsp3) is 0.308. The normalized spacial score (nSPS) is 14.9. The van der Waals surface area contributed by atoms with Crippen molar-refractivity contribution in [3.05, 3.63) is 34.3 Å². The van der Waals surface area contributed by atoms with Gasteiger partial charge in [0.1, 0.15) is 0 Å². The van der Waals surface area contributed by atoms with Crippen molar-refractivity contribution >= 4 is 33.7 Å². The monoisotopic (exact) mass is 324 g/mol. The smallest absolute Gasteiger partial charge is 0.251 e. The molecule has 6 heteroatoms. The van der Waals surface area contributed by atoms with Gasteiger partial charge in [-0.1, -0.05) is 22.0 Å². The van der Waals surface area contributed by atoms with Gasteiger partial charge in [-0.2, -0.15) is 0 Å². The molecular weight excluding hydrogens is 312 g/mol. The second-order valence-corrected chi connectivity index (χ2v) is 5.12. The van der Waals surface area contributed by atoms with Crippen molar-refractivity contribution in [2.24, 2.45) is 0 Å². The highest BCUT2D eigenvalue weighted by Gasteiger charge is 2.28. The van der Waals surface area contributed by atoms with Crippen LogP contribution in [0.1, 0.15) is 23.2 Å². The molecule has 1 fully saturated rings. The average molecular weight is 325 g/mol. The van der Waals surface area contributed by atoms with Crippen molar-refractivity contribution < 1.29 is 14.4 Å². The van der Waals surface area contributed by atoms with Crippen molar-refractivity contribution in [1.29, 1.82) is 0 Å². The molecule has 1 aromatic rings. The Hall–Kier alpha value is -1.69. The minimum Gasteiger partial charge on any atom is -0.350 e. The molecule has 0 radical (unpaired) electrons. The Kier molecular flexibility index (Phi) is 4.31. The molecule has 0 atom stereocenters. The highest BCUT2D eigenvalue weighted by atomic mass is 79.9. The van der Waals surface area contributed by atoms with Gasteiger partial charge in [-0.25, -0.2) is 0 Å². The van der Waals surface area contributed by atoms with Gasteiger partial charge in [0.15, 0.2) is 0 Å². The van der Waals surface area contributed by atoms with Gasteiger partial charge in [0.2, 0.25) is 11.8 Å². The van der Waals surface area contributed by atoms with Crippen LogP contribution in [0.3, 0.4) is 0 Å². The van der Waals surface area contributed by atoms with Crippen LogP contribution in [0.4, 0.5) is 0 Å². The van der Waals surface area contributed by atoms with Gasteiger partial charge in [-0.05, 0) is 18.2 Å².